The van der Waals surface area contributed by atoms with E-state index in [2.05, 4.69) is 26.5 Å². The number of hydrogen-bond acceptors (Lipinski definition) is 4. The summed E-state index contributed by atoms with van der Waals surface area (Å²) in [5.41, 5.74) is 4.36. The summed E-state index contributed by atoms with van der Waals surface area (Å²) in [6.07, 6.45) is 1.84. The lowest BCUT2D eigenvalue weighted by Gasteiger charge is -2.11. The molecular weight excluding hydrogens is 432 g/mol. The Balaban J connectivity index is 1.67. The van der Waals surface area contributed by atoms with Crippen LogP contribution >= 0.6 is 15.9 Å². The Morgan fingerprint density at radius 2 is 1.72 bits per heavy atom. The van der Waals surface area contributed by atoms with Gasteiger partial charge in [-0.1, -0.05) is 46.3 Å². The van der Waals surface area contributed by atoms with Crippen molar-refractivity contribution >= 4 is 38.8 Å². The summed E-state index contributed by atoms with van der Waals surface area (Å²) in [6, 6.07) is 17.5. The van der Waals surface area contributed by atoms with E-state index in [1.807, 2.05) is 68.4 Å². The quantitative estimate of drug-likeness (QED) is 0.380. The molecule has 3 aromatic carbocycles. The smallest absolute Gasteiger partial charge is 0.244 e. The molecule has 6 heteroatoms. The number of benzene rings is 3. The summed E-state index contributed by atoms with van der Waals surface area (Å²) >= 11 is 3.55. The van der Waals surface area contributed by atoms with Gasteiger partial charge in [0.25, 0.3) is 0 Å². The molecule has 0 spiro atoms. The van der Waals surface area contributed by atoms with E-state index in [9.17, 15) is 4.79 Å². The van der Waals surface area contributed by atoms with Gasteiger partial charge in [0.05, 0.1) is 25.8 Å². The third-order valence-corrected chi connectivity index (χ3v) is 4.97. The van der Waals surface area contributed by atoms with Crippen molar-refractivity contribution in [2.45, 2.75) is 20.3 Å². The summed E-state index contributed by atoms with van der Waals surface area (Å²) in [5.74, 6) is 1.17. The summed E-state index contributed by atoms with van der Waals surface area (Å²) in [6.45, 7) is 4.95. The molecule has 0 atom stereocenters. The highest BCUT2D eigenvalue weighted by atomic mass is 79.9. The maximum Gasteiger partial charge on any atom is 0.244 e. The van der Waals surface area contributed by atoms with Crippen molar-refractivity contribution in [2.24, 2.45) is 5.10 Å². The van der Waals surface area contributed by atoms with Crippen molar-refractivity contribution in [3.05, 3.63) is 70.2 Å². The van der Waals surface area contributed by atoms with Gasteiger partial charge in [0.15, 0.2) is 11.5 Å². The largest absolute Gasteiger partial charge is 0.490 e. The van der Waals surface area contributed by atoms with Crippen LogP contribution in [0.2, 0.25) is 0 Å². The first-order chi connectivity index (χ1) is 14.1. The Kier molecular flexibility index (Phi) is 7.25. The van der Waals surface area contributed by atoms with Gasteiger partial charge in [-0.15, -0.1) is 0 Å². The number of carbonyl (C=O) groups is 1. The SMILES string of the molecule is CCOc1ccc(/C=N\NC(=O)Cc2ccc(Br)c3ccccc23)cc1OCC. The van der Waals surface area contributed by atoms with Crippen LogP contribution in [0.4, 0.5) is 0 Å². The fourth-order valence-electron chi connectivity index (χ4n) is 3.02. The number of halogens is 1. The Morgan fingerprint density at radius 1 is 1.00 bits per heavy atom. The van der Waals surface area contributed by atoms with Crippen molar-refractivity contribution in [2.75, 3.05) is 13.2 Å². The summed E-state index contributed by atoms with van der Waals surface area (Å²) < 4.78 is 12.2. The Hall–Kier alpha value is -2.86. The number of amides is 1. The van der Waals surface area contributed by atoms with Crippen LogP contribution in [0.1, 0.15) is 25.0 Å². The molecule has 0 saturated heterocycles. The molecule has 0 bridgehead atoms. The predicted molar refractivity (Wildman–Crippen MR) is 120 cm³/mol. The van der Waals surface area contributed by atoms with Crippen LogP contribution in [0.3, 0.4) is 0 Å². The molecule has 0 aliphatic carbocycles. The van der Waals surface area contributed by atoms with Crippen LogP contribution in [-0.4, -0.2) is 25.3 Å². The van der Waals surface area contributed by atoms with E-state index in [1.54, 1.807) is 6.21 Å². The van der Waals surface area contributed by atoms with Gasteiger partial charge in [0.2, 0.25) is 5.91 Å². The first kappa shape index (κ1) is 20.9. The van der Waals surface area contributed by atoms with E-state index in [0.717, 1.165) is 26.4 Å². The molecule has 0 aromatic heterocycles. The molecular formula is C23H23BrN2O3. The monoisotopic (exact) mass is 454 g/mol. The Labute approximate surface area is 178 Å². The van der Waals surface area contributed by atoms with Crippen LogP contribution in [0, 0.1) is 0 Å². The lowest BCUT2D eigenvalue weighted by molar-refractivity contribution is -0.120. The van der Waals surface area contributed by atoms with Gasteiger partial charge in [-0.05, 0) is 60.0 Å². The average molecular weight is 455 g/mol. The number of nitrogens with zero attached hydrogens (tertiary/aromatic N) is 1. The molecule has 1 N–H and O–H groups in total. The predicted octanol–water partition coefficient (Wildman–Crippen LogP) is 5.09. The number of fused-ring (bicyclic) bond motifs is 1. The highest BCUT2D eigenvalue weighted by Crippen LogP contribution is 2.28. The van der Waals surface area contributed by atoms with Crippen LogP contribution < -0.4 is 14.9 Å². The van der Waals surface area contributed by atoms with Crippen LogP contribution in [0.15, 0.2) is 64.2 Å². The number of rotatable bonds is 8. The zero-order chi connectivity index (χ0) is 20.6. The van der Waals surface area contributed by atoms with Gasteiger partial charge in [0.1, 0.15) is 0 Å². The molecule has 0 unspecified atom stereocenters. The maximum atomic E-state index is 12.4. The second-order valence-corrected chi connectivity index (χ2v) is 7.15. The fourth-order valence-corrected chi connectivity index (χ4v) is 3.50. The second kappa shape index (κ2) is 10.1. The van der Waals surface area contributed by atoms with E-state index in [1.165, 1.54) is 0 Å². The third-order valence-electron chi connectivity index (χ3n) is 4.28. The van der Waals surface area contributed by atoms with Gasteiger partial charge >= 0.3 is 0 Å². The van der Waals surface area contributed by atoms with Crippen LogP contribution in [0.25, 0.3) is 10.8 Å². The molecule has 29 heavy (non-hydrogen) atoms. The molecule has 1 amide bonds. The number of hydrogen-bond donors (Lipinski definition) is 1. The molecule has 0 radical (unpaired) electrons. The van der Waals surface area contributed by atoms with E-state index < -0.39 is 0 Å². The van der Waals surface area contributed by atoms with Crippen molar-refractivity contribution < 1.29 is 14.3 Å². The first-order valence-electron chi connectivity index (χ1n) is 9.50. The molecule has 3 aromatic rings. The maximum absolute atomic E-state index is 12.4. The number of nitrogens with one attached hydrogen (secondary N) is 1. The molecule has 3 rings (SSSR count). The van der Waals surface area contributed by atoms with Gasteiger partial charge in [0, 0.05) is 4.47 Å². The van der Waals surface area contributed by atoms with E-state index in [-0.39, 0.29) is 12.3 Å². The Morgan fingerprint density at radius 3 is 2.48 bits per heavy atom. The lowest BCUT2D eigenvalue weighted by atomic mass is 10.0. The molecule has 0 saturated carbocycles. The average Bonchev–Trinajstić information content (AvgIpc) is 2.72. The topological polar surface area (TPSA) is 59.9 Å². The van der Waals surface area contributed by atoms with Gasteiger partial charge in [-0.25, -0.2) is 5.43 Å². The molecule has 0 fully saturated rings. The minimum Gasteiger partial charge on any atom is -0.490 e. The minimum atomic E-state index is -0.176. The molecule has 5 nitrogen and oxygen atoms in total. The Bertz CT molecular complexity index is 1030. The number of carbonyl (C=O) groups excluding carboxylic acids is 1. The normalized spacial score (nSPS) is 11.0. The van der Waals surface area contributed by atoms with E-state index >= 15 is 0 Å². The van der Waals surface area contributed by atoms with Gasteiger partial charge in [-0.3, -0.25) is 4.79 Å². The summed E-state index contributed by atoms with van der Waals surface area (Å²) in [7, 11) is 0. The van der Waals surface area contributed by atoms with Crippen molar-refractivity contribution in [1.29, 1.82) is 0 Å². The lowest BCUT2D eigenvalue weighted by Crippen LogP contribution is -2.19. The minimum absolute atomic E-state index is 0.176. The van der Waals surface area contributed by atoms with E-state index in [0.29, 0.717) is 24.7 Å². The van der Waals surface area contributed by atoms with Crippen molar-refractivity contribution in [3.8, 4) is 11.5 Å². The zero-order valence-corrected chi connectivity index (χ0v) is 18.0. The van der Waals surface area contributed by atoms with Gasteiger partial charge < -0.3 is 9.47 Å². The third kappa shape index (κ3) is 5.35. The molecule has 0 aliphatic rings. The molecule has 0 aliphatic heterocycles. The first-order valence-corrected chi connectivity index (χ1v) is 10.3. The van der Waals surface area contributed by atoms with Crippen LogP contribution in [0.5, 0.6) is 11.5 Å². The highest BCUT2D eigenvalue weighted by molar-refractivity contribution is 9.10. The van der Waals surface area contributed by atoms with Crippen LogP contribution in [-0.2, 0) is 11.2 Å². The molecule has 150 valence electrons. The summed E-state index contributed by atoms with van der Waals surface area (Å²) in [5, 5.41) is 6.21. The highest BCUT2D eigenvalue weighted by Gasteiger charge is 2.09. The van der Waals surface area contributed by atoms with Crippen molar-refractivity contribution in [1.82, 2.24) is 5.43 Å². The molecule has 0 heterocycles. The van der Waals surface area contributed by atoms with Gasteiger partial charge in [-0.2, -0.15) is 5.10 Å². The fraction of sp³-hybridized carbons (Fsp3) is 0.217. The van der Waals surface area contributed by atoms with Crippen molar-refractivity contribution in [3.63, 3.8) is 0 Å². The second-order valence-electron chi connectivity index (χ2n) is 6.29. The summed E-state index contributed by atoms with van der Waals surface area (Å²) in [4.78, 5) is 12.4. The zero-order valence-electron chi connectivity index (χ0n) is 16.4. The number of hydrazone groups is 1. The number of ether oxygens (including phenoxy) is 2. The standard InChI is InChI=1S/C23H23BrN2O3/c1-3-28-21-12-9-16(13-22(21)29-4-2)15-25-26-23(27)14-17-10-11-20(24)19-8-6-5-7-18(17)19/h5-13,15H,3-4,14H2,1-2H3,(H,26,27)/b25-15-. The van der Waals surface area contributed by atoms with E-state index in [4.69, 9.17) is 9.47 Å².